The molecular formula is C12H15NO2. The first-order valence-corrected chi connectivity index (χ1v) is 5.20. The lowest BCUT2D eigenvalue weighted by Gasteiger charge is -2.06. The van der Waals surface area contributed by atoms with Crippen molar-refractivity contribution in [1.29, 1.82) is 0 Å². The summed E-state index contributed by atoms with van der Waals surface area (Å²) in [6.07, 6.45) is 1.36. The number of ether oxygens (including phenoxy) is 1. The molecule has 0 saturated carbocycles. The molecule has 0 spiro atoms. The molecule has 15 heavy (non-hydrogen) atoms. The van der Waals surface area contributed by atoms with Crippen molar-refractivity contribution in [3.63, 3.8) is 0 Å². The third-order valence-electron chi connectivity index (χ3n) is 2.74. The zero-order chi connectivity index (χ0) is 10.7. The van der Waals surface area contributed by atoms with Crippen molar-refractivity contribution in [2.24, 2.45) is 5.92 Å². The molecule has 1 atom stereocenters. The first-order valence-electron chi connectivity index (χ1n) is 5.20. The number of anilines is 1. The molecule has 80 valence electrons. The van der Waals surface area contributed by atoms with E-state index in [9.17, 15) is 4.79 Å². The van der Waals surface area contributed by atoms with Crippen molar-refractivity contribution >= 4 is 11.5 Å². The first-order chi connectivity index (χ1) is 7.25. The van der Waals surface area contributed by atoms with Crippen LogP contribution < -0.4 is 5.73 Å². The summed E-state index contributed by atoms with van der Waals surface area (Å²) in [5.74, 6) is 0.375. The predicted octanol–water partition coefficient (Wildman–Crippen LogP) is 1.42. The van der Waals surface area contributed by atoms with Gasteiger partial charge in [0.15, 0.2) is 0 Å². The van der Waals surface area contributed by atoms with Gasteiger partial charge in [-0.2, -0.15) is 0 Å². The van der Waals surface area contributed by atoms with Gasteiger partial charge in [-0.25, -0.2) is 0 Å². The maximum absolute atomic E-state index is 11.8. The molecule has 1 saturated heterocycles. The van der Waals surface area contributed by atoms with Crippen LogP contribution in [0.25, 0.3) is 0 Å². The Morgan fingerprint density at radius 3 is 2.73 bits per heavy atom. The van der Waals surface area contributed by atoms with Gasteiger partial charge in [0.25, 0.3) is 0 Å². The number of benzene rings is 1. The van der Waals surface area contributed by atoms with Gasteiger partial charge in [-0.1, -0.05) is 12.1 Å². The summed E-state index contributed by atoms with van der Waals surface area (Å²) in [6.45, 7) is 1.31. The molecule has 3 nitrogen and oxygen atoms in total. The van der Waals surface area contributed by atoms with E-state index >= 15 is 0 Å². The molecule has 1 aliphatic rings. The molecule has 0 aromatic heterocycles. The summed E-state index contributed by atoms with van der Waals surface area (Å²) in [4.78, 5) is 11.8. The van der Waals surface area contributed by atoms with E-state index in [1.807, 2.05) is 24.3 Å². The van der Waals surface area contributed by atoms with E-state index in [1.54, 1.807) is 0 Å². The minimum atomic E-state index is 0.0996. The number of hydrogen-bond donors (Lipinski definition) is 1. The summed E-state index contributed by atoms with van der Waals surface area (Å²) in [5.41, 5.74) is 7.34. The highest BCUT2D eigenvalue weighted by Gasteiger charge is 2.23. The van der Waals surface area contributed by atoms with Crippen LogP contribution in [0.3, 0.4) is 0 Å². The van der Waals surface area contributed by atoms with E-state index in [0.29, 0.717) is 13.0 Å². The smallest absolute Gasteiger partial charge is 0.142 e. The molecule has 1 aromatic carbocycles. The highest BCUT2D eigenvalue weighted by atomic mass is 16.5. The normalized spacial score (nSPS) is 20.4. The quantitative estimate of drug-likeness (QED) is 0.759. The number of hydrogen-bond acceptors (Lipinski definition) is 3. The molecule has 2 rings (SSSR count). The number of rotatable bonds is 3. The Labute approximate surface area is 89.2 Å². The number of nitrogens with two attached hydrogens (primary N) is 1. The molecule has 0 aliphatic carbocycles. The second-order valence-electron chi connectivity index (χ2n) is 3.95. The van der Waals surface area contributed by atoms with Crippen LogP contribution in [0.1, 0.15) is 12.0 Å². The van der Waals surface area contributed by atoms with Gasteiger partial charge in [-0.3, -0.25) is 4.79 Å². The van der Waals surface area contributed by atoms with Gasteiger partial charge in [0, 0.05) is 24.6 Å². The largest absolute Gasteiger partial charge is 0.399 e. The molecule has 1 aromatic rings. The van der Waals surface area contributed by atoms with Crippen LogP contribution in [0.4, 0.5) is 5.69 Å². The zero-order valence-corrected chi connectivity index (χ0v) is 8.61. The monoisotopic (exact) mass is 205 g/mol. The maximum Gasteiger partial charge on any atom is 0.142 e. The van der Waals surface area contributed by atoms with Crippen molar-refractivity contribution in [3.05, 3.63) is 29.8 Å². The van der Waals surface area contributed by atoms with Crippen LogP contribution in [-0.2, 0) is 16.0 Å². The number of nitrogen functional groups attached to an aromatic ring is 1. The third-order valence-corrected chi connectivity index (χ3v) is 2.74. The summed E-state index contributed by atoms with van der Waals surface area (Å²) in [6, 6.07) is 7.47. The fourth-order valence-electron chi connectivity index (χ4n) is 1.77. The van der Waals surface area contributed by atoms with Crippen molar-refractivity contribution in [1.82, 2.24) is 0 Å². The van der Waals surface area contributed by atoms with Gasteiger partial charge in [0.1, 0.15) is 5.78 Å². The Morgan fingerprint density at radius 2 is 2.13 bits per heavy atom. The second kappa shape index (κ2) is 4.45. The van der Waals surface area contributed by atoms with Crippen molar-refractivity contribution in [3.8, 4) is 0 Å². The van der Waals surface area contributed by atoms with Gasteiger partial charge in [-0.15, -0.1) is 0 Å². The highest BCUT2D eigenvalue weighted by Crippen LogP contribution is 2.16. The third kappa shape index (κ3) is 2.57. The standard InChI is InChI=1S/C12H15NO2/c13-11-3-1-9(2-4-11)7-12(14)10-5-6-15-8-10/h1-4,10H,5-8,13H2. The summed E-state index contributed by atoms with van der Waals surface area (Å²) in [7, 11) is 0. The van der Waals surface area contributed by atoms with Crippen molar-refractivity contribution < 1.29 is 9.53 Å². The number of ketones is 1. The fraction of sp³-hybridized carbons (Fsp3) is 0.417. The number of Topliss-reactive ketones (excluding diaryl/α,β-unsaturated/α-hetero) is 1. The van der Waals surface area contributed by atoms with Gasteiger partial charge >= 0.3 is 0 Å². The van der Waals surface area contributed by atoms with Gasteiger partial charge < -0.3 is 10.5 Å². The molecule has 1 fully saturated rings. The topological polar surface area (TPSA) is 52.3 Å². The Morgan fingerprint density at radius 1 is 1.40 bits per heavy atom. The van der Waals surface area contributed by atoms with Crippen LogP contribution in [-0.4, -0.2) is 19.0 Å². The number of carbonyl (C=O) groups excluding carboxylic acids is 1. The first kappa shape index (κ1) is 10.2. The average molecular weight is 205 g/mol. The van der Waals surface area contributed by atoms with E-state index in [2.05, 4.69) is 0 Å². The molecule has 2 N–H and O–H groups in total. The van der Waals surface area contributed by atoms with Gasteiger partial charge in [0.2, 0.25) is 0 Å². The predicted molar refractivity (Wildman–Crippen MR) is 58.5 cm³/mol. The van der Waals surface area contributed by atoms with Crippen LogP contribution >= 0.6 is 0 Å². The van der Waals surface area contributed by atoms with E-state index < -0.39 is 0 Å². The summed E-state index contributed by atoms with van der Waals surface area (Å²) < 4.78 is 5.19. The second-order valence-corrected chi connectivity index (χ2v) is 3.95. The molecule has 1 aliphatic heterocycles. The Balaban J connectivity index is 1.96. The van der Waals surface area contributed by atoms with Crippen molar-refractivity contribution in [2.45, 2.75) is 12.8 Å². The molecule has 1 unspecified atom stereocenters. The lowest BCUT2D eigenvalue weighted by atomic mass is 9.97. The maximum atomic E-state index is 11.8. The van der Waals surface area contributed by atoms with Crippen LogP contribution in [0, 0.1) is 5.92 Å². The Kier molecular flexibility index (Phi) is 3.02. The zero-order valence-electron chi connectivity index (χ0n) is 8.61. The Hall–Kier alpha value is -1.35. The summed E-state index contributed by atoms with van der Waals surface area (Å²) >= 11 is 0. The molecule has 0 bridgehead atoms. The van der Waals surface area contributed by atoms with Crippen molar-refractivity contribution in [2.75, 3.05) is 18.9 Å². The highest BCUT2D eigenvalue weighted by molar-refractivity contribution is 5.83. The lowest BCUT2D eigenvalue weighted by molar-refractivity contribution is -0.122. The van der Waals surface area contributed by atoms with E-state index in [-0.39, 0.29) is 11.7 Å². The SMILES string of the molecule is Nc1ccc(CC(=O)C2CCOC2)cc1. The van der Waals surface area contributed by atoms with E-state index in [0.717, 1.165) is 24.3 Å². The van der Waals surface area contributed by atoms with Gasteiger partial charge in [-0.05, 0) is 24.1 Å². The lowest BCUT2D eigenvalue weighted by Crippen LogP contribution is -2.16. The molecule has 1 heterocycles. The van der Waals surface area contributed by atoms with E-state index in [4.69, 9.17) is 10.5 Å². The molecule has 0 amide bonds. The minimum absolute atomic E-state index is 0.0996. The van der Waals surface area contributed by atoms with E-state index in [1.165, 1.54) is 0 Å². The minimum Gasteiger partial charge on any atom is -0.399 e. The molecule has 3 heteroatoms. The Bertz CT molecular complexity index is 339. The average Bonchev–Trinajstić information content (AvgIpc) is 2.74. The van der Waals surface area contributed by atoms with Crippen LogP contribution in [0.15, 0.2) is 24.3 Å². The fourth-order valence-corrected chi connectivity index (χ4v) is 1.77. The summed E-state index contributed by atoms with van der Waals surface area (Å²) in [5, 5.41) is 0. The van der Waals surface area contributed by atoms with Crippen LogP contribution in [0.5, 0.6) is 0 Å². The van der Waals surface area contributed by atoms with Crippen LogP contribution in [0.2, 0.25) is 0 Å². The number of carbonyl (C=O) groups is 1. The molecular weight excluding hydrogens is 190 g/mol. The van der Waals surface area contributed by atoms with Gasteiger partial charge in [0.05, 0.1) is 6.61 Å². The molecule has 0 radical (unpaired) electrons.